The average Bonchev–Trinajstić information content (AvgIpc) is 2.75. The lowest BCUT2D eigenvalue weighted by atomic mass is 10.1. The number of nitrogens with zero attached hydrogens (tertiary/aromatic N) is 1. The predicted octanol–water partition coefficient (Wildman–Crippen LogP) is 1.06. The highest BCUT2D eigenvalue weighted by atomic mass is 16.5. The van der Waals surface area contributed by atoms with Gasteiger partial charge in [0.2, 0.25) is 0 Å². The van der Waals surface area contributed by atoms with Gasteiger partial charge in [-0.2, -0.15) is 0 Å². The van der Waals surface area contributed by atoms with Crippen molar-refractivity contribution in [2.75, 3.05) is 51.8 Å². The zero-order valence-electron chi connectivity index (χ0n) is 17.9. The lowest BCUT2D eigenvalue weighted by molar-refractivity contribution is -0.895. The van der Waals surface area contributed by atoms with Crippen LogP contribution in [0, 0.1) is 13.8 Å². The third-order valence-corrected chi connectivity index (χ3v) is 5.40. The molecule has 0 aromatic heterocycles. The van der Waals surface area contributed by atoms with Gasteiger partial charge in [-0.3, -0.25) is 9.59 Å². The summed E-state index contributed by atoms with van der Waals surface area (Å²) in [7, 11) is 1.61. The van der Waals surface area contributed by atoms with E-state index in [2.05, 4.69) is 5.32 Å². The van der Waals surface area contributed by atoms with Crippen LogP contribution < -0.4 is 19.7 Å². The summed E-state index contributed by atoms with van der Waals surface area (Å²) in [6.07, 6.45) is 0. The molecule has 1 saturated heterocycles. The van der Waals surface area contributed by atoms with E-state index in [-0.39, 0.29) is 18.4 Å². The Labute approximate surface area is 177 Å². The van der Waals surface area contributed by atoms with Gasteiger partial charge in [0.15, 0.2) is 13.2 Å². The van der Waals surface area contributed by atoms with Gasteiger partial charge >= 0.3 is 0 Å². The SMILES string of the molecule is COc1ccc(OCC(=O)N2CC[NH+](CC(=O)Nc3c(C)cccc3C)CC2)cc1. The van der Waals surface area contributed by atoms with E-state index in [1.54, 1.807) is 36.3 Å². The summed E-state index contributed by atoms with van der Waals surface area (Å²) < 4.78 is 10.7. The maximum atomic E-state index is 12.5. The second-order valence-electron chi connectivity index (χ2n) is 7.59. The molecule has 1 fully saturated rings. The van der Waals surface area contributed by atoms with Crippen molar-refractivity contribution >= 4 is 17.5 Å². The Morgan fingerprint density at radius 3 is 2.20 bits per heavy atom. The normalized spacial score (nSPS) is 14.3. The first-order valence-corrected chi connectivity index (χ1v) is 10.2. The first-order chi connectivity index (χ1) is 14.5. The quantitative estimate of drug-likeness (QED) is 0.713. The Balaban J connectivity index is 1.41. The fourth-order valence-electron chi connectivity index (χ4n) is 3.58. The molecule has 30 heavy (non-hydrogen) atoms. The smallest absolute Gasteiger partial charge is 0.279 e. The molecule has 0 spiro atoms. The number of carbonyl (C=O) groups excluding carboxylic acids is 2. The molecule has 7 nitrogen and oxygen atoms in total. The Kier molecular flexibility index (Phi) is 7.30. The largest absolute Gasteiger partial charge is 0.497 e. The number of hydrogen-bond acceptors (Lipinski definition) is 4. The molecular formula is C23H30N3O4+. The van der Waals surface area contributed by atoms with Crippen LogP contribution in [0.25, 0.3) is 0 Å². The second kappa shape index (κ2) is 10.1. The number of nitrogens with one attached hydrogen (secondary N) is 2. The molecule has 2 aromatic carbocycles. The molecule has 0 atom stereocenters. The monoisotopic (exact) mass is 412 g/mol. The number of methoxy groups -OCH3 is 1. The lowest BCUT2D eigenvalue weighted by Gasteiger charge is -2.31. The molecule has 1 aliphatic rings. The molecule has 0 unspecified atom stereocenters. The van der Waals surface area contributed by atoms with Gasteiger partial charge in [0.1, 0.15) is 11.5 Å². The number of amides is 2. The number of aryl methyl sites for hydroxylation is 2. The zero-order valence-corrected chi connectivity index (χ0v) is 17.9. The lowest BCUT2D eigenvalue weighted by Crippen LogP contribution is -3.15. The van der Waals surface area contributed by atoms with E-state index < -0.39 is 0 Å². The molecule has 2 amide bonds. The van der Waals surface area contributed by atoms with E-state index in [0.29, 0.717) is 25.4 Å². The predicted molar refractivity (Wildman–Crippen MR) is 115 cm³/mol. The number of hydrogen-bond donors (Lipinski definition) is 2. The van der Waals surface area contributed by atoms with Crippen LogP contribution in [0.5, 0.6) is 11.5 Å². The fourth-order valence-corrected chi connectivity index (χ4v) is 3.58. The van der Waals surface area contributed by atoms with E-state index in [1.165, 1.54) is 4.90 Å². The maximum Gasteiger partial charge on any atom is 0.279 e. The molecule has 1 aliphatic heterocycles. The van der Waals surface area contributed by atoms with E-state index >= 15 is 0 Å². The minimum atomic E-state index is -0.0372. The first kappa shape index (κ1) is 21.6. The van der Waals surface area contributed by atoms with Gasteiger partial charge in [-0.1, -0.05) is 18.2 Å². The summed E-state index contributed by atoms with van der Waals surface area (Å²) in [5.74, 6) is 1.35. The molecule has 0 aliphatic carbocycles. The minimum Gasteiger partial charge on any atom is -0.497 e. The van der Waals surface area contributed by atoms with Crippen LogP contribution >= 0.6 is 0 Å². The van der Waals surface area contributed by atoms with Crippen molar-refractivity contribution in [3.8, 4) is 11.5 Å². The highest BCUT2D eigenvalue weighted by molar-refractivity contribution is 5.93. The third-order valence-electron chi connectivity index (χ3n) is 5.40. The van der Waals surface area contributed by atoms with Gasteiger partial charge in [-0.15, -0.1) is 0 Å². The molecule has 2 N–H and O–H groups in total. The topological polar surface area (TPSA) is 72.3 Å². The van der Waals surface area contributed by atoms with E-state index in [0.717, 1.165) is 35.7 Å². The Hall–Kier alpha value is -3.06. The molecule has 7 heteroatoms. The average molecular weight is 413 g/mol. The summed E-state index contributed by atoms with van der Waals surface area (Å²) in [6, 6.07) is 13.1. The highest BCUT2D eigenvalue weighted by Crippen LogP contribution is 2.19. The summed E-state index contributed by atoms with van der Waals surface area (Å²) in [5, 5.41) is 3.04. The highest BCUT2D eigenvalue weighted by Gasteiger charge is 2.25. The van der Waals surface area contributed by atoms with Gasteiger partial charge in [-0.25, -0.2) is 0 Å². The molecule has 0 saturated carbocycles. The Morgan fingerprint density at radius 1 is 1.00 bits per heavy atom. The molecule has 3 rings (SSSR count). The molecule has 1 heterocycles. The van der Waals surface area contributed by atoms with Crippen molar-refractivity contribution < 1.29 is 24.0 Å². The summed E-state index contributed by atoms with van der Waals surface area (Å²) in [4.78, 5) is 27.9. The Morgan fingerprint density at radius 2 is 1.60 bits per heavy atom. The molecule has 0 bridgehead atoms. The van der Waals surface area contributed by atoms with Gasteiger partial charge in [0, 0.05) is 5.69 Å². The number of para-hydroxylation sites is 1. The summed E-state index contributed by atoms with van der Waals surface area (Å²) >= 11 is 0. The number of rotatable bonds is 7. The standard InChI is InChI=1S/C23H29N3O4/c1-17-5-4-6-18(2)23(17)24-21(27)15-25-11-13-26(14-12-25)22(28)16-30-20-9-7-19(29-3)8-10-20/h4-10H,11-16H2,1-3H3,(H,24,27)/p+1. The van der Waals surface area contributed by atoms with E-state index in [4.69, 9.17) is 9.47 Å². The molecule has 160 valence electrons. The summed E-state index contributed by atoms with van der Waals surface area (Å²) in [5.41, 5.74) is 3.02. The van der Waals surface area contributed by atoms with Crippen LogP contribution in [0.1, 0.15) is 11.1 Å². The second-order valence-corrected chi connectivity index (χ2v) is 7.59. The van der Waals surface area contributed by atoms with Gasteiger partial charge in [-0.05, 0) is 49.2 Å². The van der Waals surface area contributed by atoms with Crippen LogP contribution in [-0.4, -0.2) is 63.2 Å². The maximum absolute atomic E-state index is 12.5. The summed E-state index contributed by atoms with van der Waals surface area (Å²) in [6.45, 7) is 7.13. The molecule has 2 aromatic rings. The zero-order chi connectivity index (χ0) is 21.5. The van der Waals surface area contributed by atoms with Gasteiger partial charge in [0.25, 0.3) is 11.8 Å². The molecule has 0 radical (unpaired) electrons. The Bertz CT molecular complexity index is 854. The number of benzene rings is 2. The van der Waals surface area contributed by atoms with Crippen molar-refractivity contribution in [2.45, 2.75) is 13.8 Å². The van der Waals surface area contributed by atoms with Crippen molar-refractivity contribution in [1.29, 1.82) is 0 Å². The van der Waals surface area contributed by atoms with Crippen molar-refractivity contribution in [3.05, 3.63) is 53.6 Å². The number of anilines is 1. The van der Waals surface area contributed by atoms with Crippen molar-refractivity contribution in [2.24, 2.45) is 0 Å². The van der Waals surface area contributed by atoms with E-state index in [1.807, 2.05) is 32.0 Å². The minimum absolute atomic E-state index is 0.00464. The van der Waals surface area contributed by atoms with Crippen LogP contribution in [0.15, 0.2) is 42.5 Å². The number of ether oxygens (including phenoxy) is 2. The van der Waals surface area contributed by atoms with Crippen LogP contribution in [0.2, 0.25) is 0 Å². The number of piperazine rings is 1. The van der Waals surface area contributed by atoms with E-state index in [9.17, 15) is 9.59 Å². The van der Waals surface area contributed by atoms with Crippen LogP contribution in [-0.2, 0) is 9.59 Å². The van der Waals surface area contributed by atoms with Gasteiger partial charge in [0.05, 0.1) is 33.3 Å². The number of quaternary nitrogens is 1. The van der Waals surface area contributed by atoms with Crippen molar-refractivity contribution in [3.63, 3.8) is 0 Å². The molecular weight excluding hydrogens is 382 g/mol. The van der Waals surface area contributed by atoms with Gasteiger partial charge < -0.3 is 24.6 Å². The van der Waals surface area contributed by atoms with Crippen molar-refractivity contribution in [1.82, 2.24) is 4.90 Å². The van der Waals surface area contributed by atoms with Crippen LogP contribution in [0.3, 0.4) is 0 Å². The third kappa shape index (κ3) is 5.73. The fraction of sp³-hybridized carbons (Fsp3) is 0.391. The van der Waals surface area contributed by atoms with Crippen LogP contribution in [0.4, 0.5) is 5.69 Å². The first-order valence-electron chi connectivity index (χ1n) is 10.2. The number of carbonyl (C=O) groups is 2.